The Morgan fingerprint density at radius 3 is 2.29 bits per heavy atom. The summed E-state index contributed by atoms with van der Waals surface area (Å²) in [5.41, 5.74) is 2.90. The van der Waals surface area contributed by atoms with Gasteiger partial charge in [-0.1, -0.05) is 54.4 Å². The highest BCUT2D eigenvalue weighted by atomic mass is 35.5. The Morgan fingerprint density at radius 2 is 1.57 bits per heavy atom. The topological polar surface area (TPSA) is 90.4 Å². The van der Waals surface area contributed by atoms with E-state index in [-0.39, 0.29) is 66.1 Å². The molecule has 2 N–H and O–H groups in total. The second kappa shape index (κ2) is 21.2. The van der Waals surface area contributed by atoms with Gasteiger partial charge >= 0.3 is 0 Å². The molecular formula is C60H74Cl2F2N8O3. The predicted molar refractivity (Wildman–Crippen MR) is 292 cm³/mol. The number of Topliss-reactive ketones (excluding diaryl/α,β-unsaturated/α-hetero) is 1. The zero-order chi connectivity index (χ0) is 52.5. The summed E-state index contributed by atoms with van der Waals surface area (Å²) >= 11 is 13.3. The Hall–Kier alpha value is -4.28. The predicted octanol–water partition coefficient (Wildman–Crippen LogP) is 9.81. The molecule has 15 heteroatoms. The molecule has 1 spiro atoms. The normalized spacial score (nSPS) is 32.3. The number of ketones is 1. The van der Waals surface area contributed by atoms with Gasteiger partial charge in [-0.25, -0.2) is 13.8 Å². The third-order valence-electron chi connectivity index (χ3n) is 19.2. The Bertz CT molecular complexity index is 2870. The fourth-order valence-electron chi connectivity index (χ4n) is 15.6. The number of carbonyl (C=O) groups is 1. The van der Waals surface area contributed by atoms with Crippen LogP contribution in [0.25, 0.3) is 11.3 Å². The Morgan fingerprint density at radius 1 is 0.840 bits per heavy atom. The minimum Gasteiger partial charge on any atom is -0.457 e. The van der Waals surface area contributed by atoms with E-state index in [4.69, 9.17) is 37.7 Å². The van der Waals surface area contributed by atoms with Gasteiger partial charge in [-0.3, -0.25) is 24.4 Å². The van der Waals surface area contributed by atoms with Gasteiger partial charge < -0.3 is 24.7 Å². The minimum absolute atomic E-state index is 0.0291. The number of imidazole rings is 1. The molecule has 11 rings (SSSR count). The van der Waals surface area contributed by atoms with Gasteiger partial charge in [0.2, 0.25) is 0 Å². The number of piperidine rings is 1. The molecule has 4 aromatic carbocycles. The first-order chi connectivity index (χ1) is 36.2. The lowest BCUT2D eigenvalue weighted by molar-refractivity contribution is -0.154. The first-order valence-corrected chi connectivity index (χ1v) is 28.1. The smallest absolute Gasteiger partial charge is 0.153 e. The second-order valence-corrected chi connectivity index (χ2v) is 23.8. The Labute approximate surface area is 452 Å². The van der Waals surface area contributed by atoms with E-state index in [2.05, 4.69) is 107 Å². The number of hydrogen-bond acceptors (Lipinski definition) is 10. The number of hydrogen-bond donors (Lipinski definition) is 2. The Balaban J connectivity index is 1.01. The van der Waals surface area contributed by atoms with Crippen LogP contribution in [0.2, 0.25) is 10.0 Å². The molecule has 75 heavy (non-hydrogen) atoms. The number of nitrogens with one attached hydrogen (secondary N) is 2. The number of carbonyl (C=O) groups excluding carboxylic acids is 1. The van der Waals surface area contributed by atoms with Crippen LogP contribution >= 0.6 is 23.2 Å². The number of likely N-dealkylation sites (tertiary alicyclic amines) is 3. The molecule has 7 unspecified atom stereocenters. The average molecular weight is 1060 g/mol. The molecule has 12 atom stereocenters. The van der Waals surface area contributed by atoms with Crippen molar-refractivity contribution in [3.63, 3.8) is 0 Å². The average Bonchev–Trinajstić information content (AvgIpc) is 4.31. The number of halogens is 4. The lowest BCUT2D eigenvalue weighted by Gasteiger charge is -2.57. The molecule has 1 aromatic heterocycles. The fourth-order valence-corrected chi connectivity index (χ4v) is 15.9. The zero-order valence-electron chi connectivity index (χ0n) is 44.5. The third kappa shape index (κ3) is 9.17. The maximum atomic E-state index is 17.5. The summed E-state index contributed by atoms with van der Waals surface area (Å²) in [6.07, 6.45) is 7.59. The highest BCUT2D eigenvalue weighted by molar-refractivity contribution is 6.31. The number of likely N-dealkylation sites (N-methyl/N-ethyl adjacent to an activating group) is 2. The summed E-state index contributed by atoms with van der Waals surface area (Å²) in [4.78, 5) is 32.3. The number of aromatic nitrogens is 2. The van der Waals surface area contributed by atoms with Crippen LogP contribution < -0.4 is 15.4 Å². The minimum atomic E-state index is -0.910. The molecule has 1 aliphatic carbocycles. The number of benzene rings is 4. The molecule has 2 bridgehead atoms. The summed E-state index contributed by atoms with van der Waals surface area (Å²) in [7, 11) is 8.24. The van der Waals surface area contributed by atoms with Crippen molar-refractivity contribution in [3.8, 4) is 22.8 Å². The van der Waals surface area contributed by atoms with Gasteiger partial charge in [-0.05, 0) is 158 Å². The molecule has 1 saturated carbocycles. The van der Waals surface area contributed by atoms with Gasteiger partial charge in [-0.2, -0.15) is 0 Å². The van der Waals surface area contributed by atoms with Crippen molar-refractivity contribution in [1.82, 2.24) is 39.8 Å². The van der Waals surface area contributed by atoms with Crippen LogP contribution in [0, 0.1) is 28.4 Å². The molecule has 6 fully saturated rings. The number of rotatable bonds is 14. The maximum absolute atomic E-state index is 17.5. The highest BCUT2D eigenvalue weighted by Gasteiger charge is 2.77. The van der Waals surface area contributed by atoms with Gasteiger partial charge in [0.15, 0.2) is 5.78 Å². The van der Waals surface area contributed by atoms with Crippen LogP contribution in [0.15, 0.2) is 91.1 Å². The van der Waals surface area contributed by atoms with Gasteiger partial charge in [-0.15, -0.1) is 0 Å². The lowest BCUT2D eigenvalue weighted by atomic mass is 9.54. The molecule has 0 radical (unpaired) electrons. The molecule has 5 aromatic rings. The summed E-state index contributed by atoms with van der Waals surface area (Å²) in [6, 6.07) is 24.8. The van der Waals surface area contributed by atoms with Gasteiger partial charge in [0.05, 0.1) is 35.9 Å². The standard InChI is InChI=1S/C60H74Cl2F2N8O3/c1-8-59-53-27-42(26-40-14-20-45(63)29-48(40)64)56(59)68(4)36(2)31-65-52-30-46(25-38-11-17-43(61)18-12-38)69(5)57-49(35-74-7)67-55(60(52,57)58(59)73)37(3)72(53)33-41-13-19-44(62)28-51(41)75-47-21-15-39(16-22-47)50-32-66-54(70(50)6)34-71-23-9-10-24-71/h11-22,28-29,32,36-37,42,46,49,52-53,55-57,65,67H,8-10,23-27,30-31,33-35H2,1-7H3/t36-,37-,42+,46-,49+,52?,53?,55?,56?,57?,59?,60?/m0/s1. The molecule has 6 heterocycles. The van der Waals surface area contributed by atoms with Gasteiger partial charge in [0, 0.05) is 109 Å². The van der Waals surface area contributed by atoms with E-state index in [0.29, 0.717) is 66.1 Å². The van der Waals surface area contributed by atoms with E-state index >= 15 is 9.18 Å². The summed E-state index contributed by atoms with van der Waals surface area (Å²) < 4.78 is 45.7. The number of methoxy groups -OCH3 is 1. The quantitative estimate of drug-likeness (QED) is 0.112. The first kappa shape index (κ1) is 52.8. The van der Waals surface area contributed by atoms with Crippen LogP contribution in [0.3, 0.4) is 0 Å². The summed E-state index contributed by atoms with van der Waals surface area (Å²) in [5, 5.41) is 9.59. The van der Waals surface area contributed by atoms with E-state index in [1.807, 2.05) is 42.6 Å². The van der Waals surface area contributed by atoms with Crippen LogP contribution in [0.4, 0.5) is 8.78 Å². The van der Waals surface area contributed by atoms with Crippen molar-refractivity contribution in [2.75, 3.05) is 47.4 Å². The fraction of sp³-hybridized carbons (Fsp3) is 0.533. The monoisotopic (exact) mass is 1060 g/mol. The van der Waals surface area contributed by atoms with Crippen molar-refractivity contribution in [1.29, 1.82) is 0 Å². The lowest BCUT2D eigenvalue weighted by Crippen LogP contribution is -2.73. The summed E-state index contributed by atoms with van der Waals surface area (Å²) in [5.74, 6) is 1.37. The van der Waals surface area contributed by atoms with E-state index in [1.54, 1.807) is 13.2 Å². The molecule has 5 saturated heterocycles. The maximum Gasteiger partial charge on any atom is 0.153 e. The van der Waals surface area contributed by atoms with Crippen molar-refractivity contribution in [2.45, 2.75) is 133 Å². The van der Waals surface area contributed by atoms with Crippen LogP contribution in [-0.4, -0.2) is 137 Å². The van der Waals surface area contributed by atoms with Crippen LogP contribution in [0.1, 0.15) is 75.4 Å². The largest absolute Gasteiger partial charge is 0.457 e. The van der Waals surface area contributed by atoms with Gasteiger partial charge in [0.1, 0.15) is 29.0 Å². The van der Waals surface area contributed by atoms with Crippen LogP contribution in [0.5, 0.6) is 11.5 Å². The molecule has 0 amide bonds. The van der Waals surface area contributed by atoms with Crippen molar-refractivity contribution < 1.29 is 23.0 Å². The van der Waals surface area contributed by atoms with E-state index in [1.165, 1.54) is 24.5 Å². The van der Waals surface area contributed by atoms with Crippen molar-refractivity contribution >= 4 is 29.0 Å². The van der Waals surface area contributed by atoms with Crippen LogP contribution in [-0.2, 0) is 42.5 Å². The molecule has 5 aliphatic heterocycles. The van der Waals surface area contributed by atoms with Crippen molar-refractivity contribution in [3.05, 3.63) is 135 Å². The number of nitrogens with zero attached hydrogens (tertiary/aromatic N) is 6. The molecule has 6 aliphatic rings. The van der Waals surface area contributed by atoms with E-state index < -0.39 is 22.5 Å². The first-order valence-electron chi connectivity index (χ1n) is 27.4. The third-order valence-corrected chi connectivity index (χ3v) is 19.7. The van der Waals surface area contributed by atoms with Gasteiger partial charge in [0.25, 0.3) is 0 Å². The van der Waals surface area contributed by atoms with E-state index in [9.17, 15) is 4.39 Å². The van der Waals surface area contributed by atoms with E-state index in [0.717, 1.165) is 61.2 Å². The molecule has 400 valence electrons. The molecule has 11 nitrogen and oxygen atoms in total. The number of ether oxygens (including phenoxy) is 2. The van der Waals surface area contributed by atoms with Crippen molar-refractivity contribution in [2.24, 2.45) is 23.8 Å². The Kier molecular flexibility index (Phi) is 14.9. The summed E-state index contributed by atoms with van der Waals surface area (Å²) in [6.45, 7) is 11.4. The second-order valence-electron chi connectivity index (χ2n) is 23.0. The highest BCUT2D eigenvalue weighted by Crippen LogP contribution is 2.63. The SMILES string of the molecule is CCC12C(=O)C34C5C[C@H](Cc6ccc(Cl)cc6)N(C)C3[C@@H](COC)NC4[C@H](C)N(Cc3ccc(Cl)cc3Oc3ccc(-c4cnc(CN6CCCC6)n4C)cc3)C1C[C@@H](Cc1ccc(F)cc1F)C2N(C)[C@@H](C)CN5. The zero-order valence-corrected chi connectivity index (χ0v) is 46.1. The molecular weight excluding hydrogens is 990 g/mol.